The predicted octanol–water partition coefficient (Wildman–Crippen LogP) is -0.458. The van der Waals surface area contributed by atoms with Gasteiger partial charge in [-0.25, -0.2) is 16.8 Å². The Morgan fingerprint density at radius 1 is 0.800 bits per heavy atom. The molecule has 25 heavy (non-hydrogen) atoms. The molecule has 2 aliphatic rings. The molecule has 1 radical (unpaired) electrons. The maximum atomic E-state index is 11.0. The molecule has 0 spiro atoms. The molecule has 0 aromatic heterocycles. The van der Waals surface area contributed by atoms with Gasteiger partial charge in [-0.15, -0.1) is 0 Å². The number of sulfone groups is 2. The van der Waals surface area contributed by atoms with E-state index < -0.39 is 30.2 Å². The quantitative estimate of drug-likeness (QED) is 0.386. The van der Waals surface area contributed by atoms with Crippen LogP contribution in [0.25, 0.3) is 0 Å². The molecule has 0 N–H and O–H groups in total. The number of carbonyl (C=O) groups is 2. The Morgan fingerprint density at radius 2 is 1.08 bits per heavy atom. The van der Waals surface area contributed by atoms with Gasteiger partial charge in [0.1, 0.15) is 10.5 Å². The molecule has 2 unspecified atom stereocenters. The van der Waals surface area contributed by atoms with Crippen molar-refractivity contribution >= 4 is 55.4 Å². The van der Waals surface area contributed by atoms with E-state index in [0.717, 1.165) is 0 Å². The van der Waals surface area contributed by atoms with Gasteiger partial charge in [0.25, 0.3) is 0 Å². The fourth-order valence-electron chi connectivity index (χ4n) is 2.46. The van der Waals surface area contributed by atoms with Crippen LogP contribution in [0.2, 0.25) is 0 Å². The van der Waals surface area contributed by atoms with E-state index in [2.05, 4.69) is 25.3 Å². The maximum Gasteiger partial charge on any atom is 2.00 e. The summed E-state index contributed by atoms with van der Waals surface area (Å²) in [6.45, 7) is 0. The Morgan fingerprint density at radius 3 is 1.24 bits per heavy atom. The summed E-state index contributed by atoms with van der Waals surface area (Å²) in [6.07, 6.45) is 1.03. The number of hydrogen-bond acceptors (Lipinski definition) is 8. The van der Waals surface area contributed by atoms with Gasteiger partial charge in [-0.05, 0) is 12.8 Å². The predicted molar refractivity (Wildman–Crippen MR) is 95.2 cm³/mol. The van der Waals surface area contributed by atoms with E-state index in [9.17, 15) is 26.4 Å². The summed E-state index contributed by atoms with van der Waals surface area (Å²) in [4.78, 5) is 24.0. The molecule has 0 aromatic rings. The topological polar surface area (TPSA) is 109 Å². The second-order valence-corrected chi connectivity index (χ2v) is 11.0. The first kappa shape index (κ1) is 24.8. The van der Waals surface area contributed by atoms with E-state index >= 15 is 0 Å². The first-order chi connectivity index (χ1) is 10.8. The van der Waals surface area contributed by atoms with Crippen molar-refractivity contribution in [2.45, 2.75) is 24.9 Å². The van der Waals surface area contributed by atoms with Crippen LogP contribution in [0.4, 0.5) is 9.59 Å². The minimum atomic E-state index is -2.91. The van der Waals surface area contributed by atoms with E-state index in [1.165, 1.54) is 9.80 Å². The van der Waals surface area contributed by atoms with Crippen LogP contribution < -0.4 is 0 Å². The molecule has 2 heterocycles. The van der Waals surface area contributed by atoms with Crippen LogP contribution in [-0.2, 0) is 62.0 Å². The van der Waals surface area contributed by atoms with Gasteiger partial charge < -0.3 is 44.6 Å². The van der Waals surface area contributed by atoms with Crippen LogP contribution in [-0.4, -0.2) is 86.3 Å². The third kappa shape index (κ3) is 7.92. The van der Waals surface area contributed by atoms with Crippen LogP contribution in [0, 0.1) is 0 Å². The van der Waals surface area contributed by atoms with E-state index in [1.54, 1.807) is 14.1 Å². The second-order valence-electron chi connectivity index (χ2n) is 5.87. The van der Waals surface area contributed by atoms with Crippen molar-refractivity contribution in [3.05, 3.63) is 0 Å². The van der Waals surface area contributed by atoms with Gasteiger partial charge in [0.05, 0.1) is 23.0 Å². The molecule has 0 saturated carbocycles. The Hall–Kier alpha value is -0.201. The monoisotopic (exact) mass is 479 g/mol. The molecular formula is C12H20CuN2O6S4. The molecule has 0 aromatic carbocycles. The smallest absolute Gasteiger partial charge is 0.719 e. The summed E-state index contributed by atoms with van der Waals surface area (Å²) in [5.41, 5.74) is 0. The van der Waals surface area contributed by atoms with Crippen LogP contribution >= 0.6 is 0 Å². The van der Waals surface area contributed by atoms with Gasteiger partial charge in [-0.3, -0.25) is 0 Å². The second kappa shape index (κ2) is 9.65. The summed E-state index contributed by atoms with van der Waals surface area (Å²) < 4.78 is 44.0. The number of rotatable bonds is 2. The molecule has 2 fully saturated rings. The average Bonchev–Trinajstić information content (AvgIpc) is 2.99. The molecular weight excluding hydrogens is 460 g/mol. The number of hydrogen-bond donors (Lipinski definition) is 0. The molecule has 0 bridgehead atoms. The van der Waals surface area contributed by atoms with Crippen molar-refractivity contribution in [1.82, 2.24) is 9.80 Å². The average molecular weight is 480 g/mol. The summed E-state index contributed by atoms with van der Waals surface area (Å²) >= 11 is 8.81. The van der Waals surface area contributed by atoms with Crippen molar-refractivity contribution in [3.63, 3.8) is 0 Å². The fourth-order valence-corrected chi connectivity index (χ4v) is 6.31. The first-order valence-corrected chi connectivity index (χ1v) is 11.6. The van der Waals surface area contributed by atoms with Crippen molar-refractivity contribution in [2.24, 2.45) is 0 Å². The standard InChI is InChI=1S/2C6H11NO3S2.Cu/c2*1-7(6(8)11)5-2-3-12(9,10)4-5;/h2*5H,2-4H2,1H3,(H,8,11);/q;;+2/p-2. The fraction of sp³-hybridized carbons (Fsp3) is 0.833. The van der Waals surface area contributed by atoms with Gasteiger partial charge >= 0.3 is 17.1 Å². The van der Waals surface area contributed by atoms with Gasteiger partial charge in [0, 0.05) is 26.2 Å². The Labute approximate surface area is 170 Å². The van der Waals surface area contributed by atoms with Crippen molar-refractivity contribution < 1.29 is 43.5 Å². The van der Waals surface area contributed by atoms with Gasteiger partial charge in [0.15, 0.2) is 19.7 Å². The Kier molecular flexibility index (Phi) is 9.58. The summed E-state index contributed by atoms with van der Waals surface area (Å²) in [5.74, 6) is 0.465. The van der Waals surface area contributed by atoms with E-state index in [4.69, 9.17) is 0 Å². The summed E-state index contributed by atoms with van der Waals surface area (Å²) in [7, 11) is -2.74. The Balaban J connectivity index is 0.000000443. The van der Waals surface area contributed by atoms with Crippen molar-refractivity contribution in [3.8, 4) is 0 Å². The van der Waals surface area contributed by atoms with Gasteiger partial charge in [0.2, 0.25) is 0 Å². The number of carbonyl (C=O) groups excluding carboxylic acids is 2. The zero-order valence-electron chi connectivity index (χ0n) is 13.7. The van der Waals surface area contributed by atoms with E-state index in [1.807, 2.05) is 0 Å². The first-order valence-electron chi connectivity index (χ1n) is 7.13. The SMILES string of the molecule is CN(C(=O)[S-])C1CCS(=O)(=O)C1.CN(C(=O)[S-])C1CCS(=O)(=O)C1.[Cu+2]. The Bertz CT molecular complexity index is 636. The molecule has 149 valence electrons. The van der Waals surface area contributed by atoms with Crippen molar-refractivity contribution in [2.75, 3.05) is 37.1 Å². The van der Waals surface area contributed by atoms with Crippen LogP contribution in [0.3, 0.4) is 0 Å². The zero-order valence-corrected chi connectivity index (χ0v) is 17.9. The van der Waals surface area contributed by atoms with Crippen LogP contribution in [0.1, 0.15) is 12.8 Å². The summed E-state index contributed by atoms with van der Waals surface area (Å²) in [5, 5.41) is -0.978. The molecule has 8 nitrogen and oxygen atoms in total. The third-order valence-electron chi connectivity index (χ3n) is 4.09. The third-order valence-corrected chi connectivity index (χ3v) is 8.16. The normalized spacial score (nSPS) is 25.8. The molecule has 2 amide bonds. The molecule has 2 aliphatic heterocycles. The maximum absolute atomic E-state index is 11.0. The van der Waals surface area contributed by atoms with Crippen LogP contribution in [0.15, 0.2) is 0 Å². The molecule has 13 heteroatoms. The number of amides is 2. The van der Waals surface area contributed by atoms with Crippen molar-refractivity contribution in [1.29, 1.82) is 0 Å². The van der Waals surface area contributed by atoms with E-state index in [-0.39, 0.29) is 52.2 Å². The number of nitrogens with zero attached hydrogens (tertiary/aromatic N) is 2. The minimum Gasteiger partial charge on any atom is -0.719 e. The minimum absolute atomic E-state index is 0. The van der Waals surface area contributed by atoms with Gasteiger partial charge in [-0.1, -0.05) is 0 Å². The molecule has 2 saturated heterocycles. The molecule has 0 aliphatic carbocycles. The largest absolute Gasteiger partial charge is 2.00 e. The van der Waals surface area contributed by atoms with Gasteiger partial charge in [-0.2, -0.15) is 0 Å². The van der Waals surface area contributed by atoms with Crippen LogP contribution in [0.5, 0.6) is 0 Å². The molecule has 2 atom stereocenters. The summed E-state index contributed by atoms with van der Waals surface area (Å²) in [6, 6.07) is -0.417. The van der Waals surface area contributed by atoms with E-state index in [0.29, 0.717) is 12.8 Å². The molecule has 2 rings (SSSR count). The zero-order chi connectivity index (χ0) is 18.7.